The first kappa shape index (κ1) is 14.9. The average molecular weight is 215 g/mol. The van der Waals surface area contributed by atoms with E-state index in [1.54, 1.807) is 0 Å². The lowest BCUT2D eigenvalue weighted by atomic mass is 9.89. The lowest BCUT2D eigenvalue weighted by Gasteiger charge is -2.27. The summed E-state index contributed by atoms with van der Waals surface area (Å²) < 4.78 is 0. The normalized spacial score (nSPS) is 12.4. The maximum absolute atomic E-state index is 8.95. The van der Waals surface area contributed by atoms with Crippen LogP contribution in [0.4, 0.5) is 0 Å². The molecule has 0 saturated carbocycles. The number of hydrogen-bond donors (Lipinski definition) is 2. The van der Waals surface area contributed by atoms with Crippen LogP contribution in [0.3, 0.4) is 0 Å². The van der Waals surface area contributed by atoms with Crippen LogP contribution in [-0.2, 0) is 0 Å². The fourth-order valence-electron chi connectivity index (χ4n) is 1.86. The third-order valence-electron chi connectivity index (χ3n) is 2.93. The zero-order chi connectivity index (χ0) is 11.7. The van der Waals surface area contributed by atoms with Crippen molar-refractivity contribution in [2.45, 2.75) is 65.8 Å². The van der Waals surface area contributed by atoms with Gasteiger partial charge in [0, 0.05) is 19.2 Å². The minimum atomic E-state index is 0.217. The minimum Gasteiger partial charge on any atom is -0.396 e. The summed E-state index contributed by atoms with van der Waals surface area (Å²) in [6.45, 7) is 10.2. The lowest BCUT2D eigenvalue weighted by Crippen LogP contribution is -2.37. The quantitative estimate of drug-likeness (QED) is 0.620. The Balaban J connectivity index is 3.85. The second kappa shape index (κ2) is 8.12. The summed E-state index contributed by atoms with van der Waals surface area (Å²) in [4.78, 5) is 0. The molecule has 0 aromatic heterocycles. The van der Waals surface area contributed by atoms with Gasteiger partial charge in [0.1, 0.15) is 0 Å². The third kappa shape index (κ3) is 7.80. The van der Waals surface area contributed by atoms with Crippen LogP contribution >= 0.6 is 0 Å². The van der Waals surface area contributed by atoms with E-state index in [0.717, 1.165) is 13.0 Å². The second-order valence-corrected chi connectivity index (χ2v) is 5.29. The molecular weight excluding hydrogens is 186 g/mol. The molecule has 0 bridgehead atoms. The fraction of sp³-hybridized carbons (Fsp3) is 1.00. The van der Waals surface area contributed by atoms with E-state index in [9.17, 15) is 0 Å². The van der Waals surface area contributed by atoms with Crippen LogP contribution in [0, 0.1) is 5.41 Å². The third-order valence-corrected chi connectivity index (χ3v) is 2.93. The highest BCUT2D eigenvalue weighted by molar-refractivity contribution is 4.75. The van der Waals surface area contributed by atoms with Gasteiger partial charge in [-0.15, -0.1) is 0 Å². The van der Waals surface area contributed by atoms with Crippen LogP contribution in [0.2, 0.25) is 0 Å². The molecule has 0 amide bonds. The van der Waals surface area contributed by atoms with Crippen molar-refractivity contribution in [3.05, 3.63) is 0 Å². The van der Waals surface area contributed by atoms with Gasteiger partial charge in [0.25, 0.3) is 0 Å². The molecule has 2 N–H and O–H groups in total. The van der Waals surface area contributed by atoms with Crippen molar-refractivity contribution in [3.8, 4) is 0 Å². The van der Waals surface area contributed by atoms with Gasteiger partial charge in [0.2, 0.25) is 0 Å². The molecule has 0 spiro atoms. The van der Waals surface area contributed by atoms with Crippen molar-refractivity contribution in [3.63, 3.8) is 0 Å². The van der Waals surface area contributed by atoms with Gasteiger partial charge >= 0.3 is 0 Å². The van der Waals surface area contributed by atoms with Gasteiger partial charge in [0.05, 0.1) is 0 Å². The molecule has 0 aromatic carbocycles. The summed E-state index contributed by atoms with van der Waals surface area (Å²) in [5.74, 6) is 0. The Morgan fingerprint density at radius 3 is 2.07 bits per heavy atom. The predicted molar refractivity (Wildman–Crippen MR) is 67.1 cm³/mol. The Kier molecular flexibility index (Phi) is 8.07. The number of rotatable bonds is 9. The summed E-state index contributed by atoms with van der Waals surface area (Å²) in [5.41, 5.74) is 0.217. The SMILES string of the molecule is CCCC(CCC)NCC(C)(C)CCO. The molecule has 15 heavy (non-hydrogen) atoms. The van der Waals surface area contributed by atoms with Crippen molar-refractivity contribution in [1.82, 2.24) is 5.32 Å². The van der Waals surface area contributed by atoms with Crippen LogP contribution < -0.4 is 5.32 Å². The first-order chi connectivity index (χ1) is 7.05. The molecule has 0 rings (SSSR count). The second-order valence-electron chi connectivity index (χ2n) is 5.29. The van der Waals surface area contributed by atoms with Gasteiger partial charge in [-0.1, -0.05) is 40.5 Å². The Bertz CT molecular complexity index is 139. The molecule has 0 aromatic rings. The van der Waals surface area contributed by atoms with Gasteiger partial charge in [-0.2, -0.15) is 0 Å². The fourth-order valence-corrected chi connectivity index (χ4v) is 1.86. The average Bonchev–Trinajstić information content (AvgIpc) is 2.15. The van der Waals surface area contributed by atoms with Crippen molar-refractivity contribution in [1.29, 1.82) is 0 Å². The molecule has 2 heteroatoms. The van der Waals surface area contributed by atoms with Crippen molar-refractivity contribution >= 4 is 0 Å². The number of aliphatic hydroxyl groups excluding tert-OH is 1. The van der Waals surface area contributed by atoms with Gasteiger partial charge in [0.15, 0.2) is 0 Å². The Hall–Kier alpha value is -0.0800. The molecule has 0 saturated heterocycles. The molecule has 0 aliphatic heterocycles. The first-order valence-electron chi connectivity index (χ1n) is 6.40. The van der Waals surface area contributed by atoms with Gasteiger partial charge < -0.3 is 10.4 Å². The standard InChI is InChI=1S/C13H29NO/c1-5-7-12(8-6-2)14-11-13(3,4)9-10-15/h12,14-15H,5-11H2,1-4H3. The summed E-state index contributed by atoms with van der Waals surface area (Å²) in [6.07, 6.45) is 5.91. The highest BCUT2D eigenvalue weighted by Crippen LogP contribution is 2.19. The minimum absolute atomic E-state index is 0.217. The van der Waals surface area contributed by atoms with E-state index >= 15 is 0 Å². The van der Waals surface area contributed by atoms with E-state index in [2.05, 4.69) is 33.0 Å². The molecule has 0 aliphatic rings. The summed E-state index contributed by atoms with van der Waals surface area (Å²) >= 11 is 0. The van der Waals surface area contributed by atoms with Crippen LogP contribution in [-0.4, -0.2) is 24.3 Å². The molecule has 92 valence electrons. The van der Waals surface area contributed by atoms with E-state index < -0.39 is 0 Å². The van der Waals surface area contributed by atoms with E-state index in [1.807, 2.05) is 0 Å². The van der Waals surface area contributed by atoms with Crippen LogP contribution in [0.25, 0.3) is 0 Å². The van der Waals surface area contributed by atoms with Gasteiger partial charge in [-0.05, 0) is 24.7 Å². The number of hydrogen-bond acceptors (Lipinski definition) is 2. The summed E-state index contributed by atoms with van der Waals surface area (Å²) in [6, 6.07) is 0.665. The molecule has 2 nitrogen and oxygen atoms in total. The van der Waals surface area contributed by atoms with Crippen molar-refractivity contribution < 1.29 is 5.11 Å². The Morgan fingerprint density at radius 1 is 1.13 bits per heavy atom. The number of nitrogens with one attached hydrogen (secondary N) is 1. The molecule has 0 atom stereocenters. The molecular formula is C13H29NO. The monoisotopic (exact) mass is 215 g/mol. The summed E-state index contributed by atoms with van der Waals surface area (Å²) in [5, 5.41) is 12.6. The highest BCUT2D eigenvalue weighted by Gasteiger charge is 2.18. The Labute approximate surface area is 95.5 Å². The summed E-state index contributed by atoms with van der Waals surface area (Å²) in [7, 11) is 0. The maximum atomic E-state index is 8.95. The van der Waals surface area contributed by atoms with E-state index in [1.165, 1.54) is 25.7 Å². The van der Waals surface area contributed by atoms with Crippen molar-refractivity contribution in [2.75, 3.05) is 13.2 Å². The van der Waals surface area contributed by atoms with Gasteiger partial charge in [-0.3, -0.25) is 0 Å². The molecule has 0 unspecified atom stereocenters. The predicted octanol–water partition coefficient (Wildman–Crippen LogP) is 2.95. The van der Waals surface area contributed by atoms with Gasteiger partial charge in [-0.25, -0.2) is 0 Å². The van der Waals surface area contributed by atoms with E-state index in [0.29, 0.717) is 12.6 Å². The highest BCUT2D eigenvalue weighted by atomic mass is 16.3. The largest absolute Gasteiger partial charge is 0.396 e. The van der Waals surface area contributed by atoms with E-state index in [4.69, 9.17) is 5.11 Å². The van der Waals surface area contributed by atoms with Crippen LogP contribution in [0.1, 0.15) is 59.8 Å². The lowest BCUT2D eigenvalue weighted by molar-refractivity contribution is 0.200. The van der Waals surface area contributed by atoms with E-state index in [-0.39, 0.29) is 5.41 Å². The smallest absolute Gasteiger partial charge is 0.0436 e. The zero-order valence-electron chi connectivity index (χ0n) is 11.0. The topological polar surface area (TPSA) is 32.3 Å². The Morgan fingerprint density at radius 2 is 1.67 bits per heavy atom. The first-order valence-corrected chi connectivity index (χ1v) is 6.40. The van der Waals surface area contributed by atoms with Crippen LogP contribution in [0.15, 0.2) is 0 Å². The zero-order valence-corrected chi connectivity index (χ0v) is 11.0. The maximum Gasteiger partial charge on any atom is 0.0436 e. The number of aliphatic hydroxyl groups is 1. The molecule has 0 heterocycles. The molecule has 0 radical (unpaired) electrons. The van der Waals surface area contributed by atoms with Crippen molar-refractivity contribution in [2.24, 2.45) is 5.41 Å². The molecule has 0 aliphatic carbocycles. The molecule has 0 fully saturated rings. The van der Waals surface area contributed by atoms with Crippen LogP contribution in [0.5, 0.6) is 0 Å².